The van der Waals surface area contributed by atoms with Crippen molar-refractivity contribution in [3.8, 4) is 0 Å². The summed E-state index contributed by atoms with van der Waals surface area (Å²) in [6, 6.07) is 1.98. The Balaban J connectivity index is 3.53. The quantitative estimate of drug-likeness (QED) is 0.821. The van der Waals surface area contributed by atoms with Crippen molar-refractivity contribution >= 4 is 26.0 Å². The number of aliphatic hydroxyl groups is 1. The highest BCUT2D eigenvalue weighted by Gasteiger charge is 1.95. The third-order valence-electron chi connectivity index (χ3n) is 1.98. The van der Waals surface area contributed by atoms with E-state index >= 15 is 0 Å². The zero-order chi connectivity index (χ0) is 10.6. The number of nitrogens with one attached hydrogen (secondary N) is 1. The predicted molar refractivity (Wildman–Crippen MR) is 63.4 cm³/mol. The summed E-state index contributed by atoms with van der Waals surface area (Å²) in [7, 11) is 0. The summed E-state index contributed by atoms with van der Waals surface area (Å²) < 4.78 is 1.02. The minimum absolute atomic E-state index is 0.0730. The summed E-state index contributed by atoms with van der Waals surface area (Å²) in [5, 5.41) is 11.1. The SMILES string of the molecule is C\C=C/C(Br)=c1/cc[nH]/c1=C(/C)CO. The number of H-pyrrole nitrogens is 1. The van der Waals surface area contributed by atoms with Crippen LogP contribution < -0.4 is 10.6 Å². The molecule has 2 N–H and O–H groups in total. The van der Waals surface area contributed by atoms with Crippen LogP contribution in [0.2, 0.25) is 0 Å². The van der Waals surface area contributed by atoms with E-state index in [1.165, 1.54) is 0 Å². The molecule has 0 bridgehead atoms. The van der Waals surface area contributed by atoms with Crippen LogP contribution in [0.5, 0.6) is 0 Å². The molecule has 0 spiro atoms. The van der Waals surface area contributed by atoms with Gasteiger partial charge in [-0.05, 0) is 25.5 Å². The molecule has 0 atom stereocenters. The third-order valence-corrected chi connectivity index (χ3v) is 2.67. The molecule has 0 unspecified atom stereocenters. The van der Waals surface area contributed by atoms with E-state index in [-0.39, 0.29) is 6.61 Å². The van der Waals surface area contributed by atoms with Gasteiger partial charge in [-0.2, -0.15) is 0 Å². The largest absolute Gasteiger partial charge is 0.392 e. The summed E-state index contributed by atoms with van der Waals surface area (Å²) in [5.74, 6) is 0. The molecule has 0 saturated heterocycles. The van der Waals surface area contributed by atoms with Gasteiger partial charge < -0.3 is 10.1 Å². The van der Waals surface area contributed by atoms with E-state index < -0.39 is 0 Å². The molecule has 0 aliphatic heterocycles. The first-order valence-corrected chi connectivity index (χ1v) is 5.26. The van der Waals surface area contributed by atoms with Crippen LogP contribution in [0.4, 0.5) is 0 Å². The Labute approximate surface area is 91.8 Å². The van der Waals surface area contributed by atoms with Crippen LogP contribution >= 0.6 is 15.9 Å². The Kier molecular flexibility index (Phi) is 4.17. The van der Waals surface area contributed by atoms with Gasteiger partial charge in [-0.15, -0.1) is 0 Å². The van der Waals surface area contributed by atoms with Crippen molar-refractivity contribution < 1.29 is 5.11 Å². The summed E-state index contributed by atoms with van der Waals surface area (Å²) in [6.45, 7) is 3.95. The molecule has 0 radical (unpaired) electrons. The Morgan fingerprint density at radius 3 is 2.93 bits per heavy atom. The number of aromatic nitrogens is 1. The van der Waals surface area contributed by atoms with E-state index in [0.29, 0.717) is 0 Å². The molecule has 2 nitrogen and oxygen atoms in total. The lowest BCUT2D eigenvalue weighted by molar-refractivity contribution is 0.347. The Morgan fingerprint density at radius 1 is 1.64 bits per heavy atom. The van der Waals surface area contributed by atoms with Crippen molar-refractivity contribution in [2.45, 2.75) is 13.8 Å². The van der Waals surface area contributed by atoms with Crippen molar-refractivity contribution in [1.29, 1.82) is 0 Å². The first-order valence-electron chi connectivity index (χ1n) is 4.47. The van der Waals surface area contributed by atoms with Crippen molar-refractivity contribution in [2.24, 2.45) is 0 Å². The van der Waals surface area contributed by atoms with Crippen LogP contribution in [0.1, 0.15) is 13.8 Å². The normalized spacial score (nSPS) is 16.0. The lowest BCUT2D eigenvalue weighted by Crippen LogP contribution is -2.26. The number of aliphatic hydroxyl groups excluding tert-OH is 1. The number of allylic oxidation sites excluding steroid dienone is 2. The van der Waals surface area contributed by atoms with E-state index in [1.807, 2.05) is 38.3 Å². The van der Waals surface area contributed by atoms with E-state index in [4.69, 9.17) is 5.11 Å². The molecule has 14 heavy (non-hydrogen) atoms. The number of halogens is 1. The summed E-state index contributed by atoms with van der Waals surface area (Å²) in [6.07, 6.45) is 5.82. The number of aromatic amines is 1. The van der Waals surface area contributed by atoms with E-state index in [9.17, 15) is 0 Å². The van der Waals surface area contributed by atoms with Crippen LogP contribution in [0, 0.1) is 0 Å². The zero-order valence-corrected chi connectivity index (χ0v) is 9.93. The first-order chi connectivity index (χ1) is 6.70. The van der Waals surface area contributed by atoms with Gasteiger partial charge in [-0.3, -0.25) is 0 Å². The fourth-order valence-corrected chi connectivity index (χ4v) is 1.83. The lowest BCUT2D eigenvalue weighted by Gasteiger charge is -1.92. The predicted octanol–water partition coefficient (Wildman–Crippen LogP) is 1.26. The van der Waals surface area contributed by atoms with Gasteiger partial charge >= 0.3 is 0 Å². The molecular formula is C11H14BrNO. The second-order valence-electron chi connectivity index (χ2n) is 3.05. The Morgan fingerprint density at radius 2 is 2.36 bits per heavy atom. The maximum atomic E-state index is 9.04. The molecule has 0 fully saturated rings. The molecule has 1 heterocycles. The molecule has 1 rings (SSSR count). The molecule has 0 amide bonds. The topological polar surface area (TPSA) is 36.0 Å². The monoisotopic (exact) mass is 255 g/mol. The van der Waals surface area contributed by atoms with E-state index in [2.05, 4.69) is 20.9 Å². The first kappa shape index (κ1) is 11.3. The fourth-order valence-electron chi connectivity index (χ4n) is 1.24. The smallest absolute Gasteiger partial charge is 0.0662 e. The molecular weight excluding hydrogens is 242 g/mol. The maximum absolute atomic E-state index is 9.04. The highest BCUT2D eigenvalue weighted by atomic mass is 79.9. The van der Waals surface area contributed by atoms with Crippen molar-refractivity contribution in [3.05, 3.63) is 35.0 Å². The minimum atomic E-state index is 0.0730. The molecule has 0 aliphatic carbocycles. The average molecular weight is 256 g/mol. The molecule has 3 heteroatoms. The summed E-state index contributed by atoms with van der Waals surface area (Å²) in [5.41, 5.74) is 0.937. The Hall–Kier alpha value is -0.800. The van der Waals surface area contributed by atoms with Crippen molar-refractivity contribution in [2.75, 3.05) is 6.61 Å². The zero-order valence-electron chi connectivity index (χ0n) is 8.34. The number of hydrogen-bond acceptors (Lipinski definition) is 1. The molecule has 1 aromatic rings. The number of hydrogen-bond donors (Lipinski definition) is 2. The minimum Gasteiger partial charge on any atom is -0.392 e. The van der Waals surface area contributed by atoms with Crippen LogP contribution in [0.25, 0.3) is 10.1 Å². The third kappa shape index (κ3) is 2.36. The van der Waals surface area contributed by atoms with E-state index in [0.717, 1.165) is 20.6 Å². The summed E-state index contributed by atoms with van der Waals surface area (Å²) in [4.78, 5) is 3.11. The second-order valence-corrected chi connectivity index (χ2v) is 3.91. The van der Waals surface area contributed by atoms with Gasteiger partial charge in [-0.25, -0.2) is 0 Å². The maximum Gasteiger partial charge on any atom is 0.0662 e. The molecule has 76 valence electrons. The van der Waals surface area contributed by atoms with Gasteiger partial charge in [0.15, 0.2) is 0 Å². The Bertz CT molecular complexity index is 442. The highest BCUT2D eigenvalue weighted by Crippen LogP contribution is 2.04. The van der Waals surface area contributed by atoms with Crippen LogP contribution in [-0.4, -0.2) is 16.7 Å². The number of rotatable bonds is 2. The van der Waals surface area contributed by atoms with Gasteiger partial charge in [0.05, 0.1) is 6.61 Å². The standard InChI is InChI=1S/C11H14BrNO/c1-3-4-10(12)9-5-6-13-11(9)8(2)7-14/h3-6,13-14H,7H2,1-2H3/b4-3-,10-9+,11-8-. The van der Waals surface area contributed by atoms with Crippen LogP contribution in [-0.2, 0) is 0 Å². The molecule has 1 aromatic heterocycles. The van der Waals surface area contributed by atoms with Crippen molar-refractivity contribution in [3.63, 3.8) is 0 Å². The van der Waals surface area contributed by atoms with Crippen molar-refractivity contribution in [1.82, 2.24) is 4.98 Å². The molecule has 0 aromatic carbocycles. The lowest BCUT2D eigenvalue weighted by atomic mass is 10.2. The van der Waals surface area contributed by atoms with Crippen LogP contribution in [0.15, 0.2) is 24.4 Å². The summed E-state index contributed by atoms with van der Waals surface area (Å²) >= 11 is 3.49. The molecule has 0 aliphatic rings. The fraction of sp³-hybridized carbons (Fsp3) is 0.273. The van der Waals surface area contributed by atoms with Gasteiger partial charge in [0.25, 0.3) is 0 Å². The average Bonchev–Trinajstić information content (AvgIpc) is 2.65. The van der Waals surface area contributed by atoms with E-state index in [1.54, 1.807) is 0 Å². The highest BCUT2D eigenvalue weighted by molar-refractivity contribution is 9.15. The second kappa shape index (κ2) is 5.17. The van der Waals surface area contributed by atoms with Crippen LogP contribution in [0.3, 0.4) is 0 Å². The van der Waals surface area contributed by atoms with Gasteiger partial charge in [0.1, 0.15) is 0 Å². The van der Waals surface area contributed by atoms with Gasteiger partial charge in [0, 0.05) is 21.2 Å². The molecule has 0 saturated carbocycles. The van der Waals surface area contributed by atoms with Gasteiger partial charge in [0.2, 0.25) is 0 Å². The van der Waals surface area contributed by atoms with Gasteiger partial charge in [-0.1, -0.05) is 28.1 Å².